The molecule has 0 aliphatic rings. The van der Waals surface area contributed by atoms with Crippen LogP contribution >= 0.6 is 34.0 Å². The number of hydrogen-bond donors (Lipinski definition) is 0. The van der Waals surface area contributed by atoms with Gasteiger partial charge in [0.1, 0.15) is 0 Å². The van der Waals surface area contributed by atoms with E-state index in [0.29, 0.717) is 0 Å². The maximum Gasteiger partial charge on any atom is 0.207 e. The van der Waals surface area contributed by atoms with E-state index in [0.717, 1.165) is 0 Å². The van der Waals surface area contributed by atoms with E-state index in [4.69, 9.17) is 0 Å². The van der Waals surface area contributed by atoms with Gasteiger partial charge in [0.2, 0.25) is 16.3 Å². The molecule has 0 bridgehead atoms. The molecular weight excluding hydrogens is 199 g/mol. The Hall–Kier alpha value is 1.49. The molecule has 0 heterocycles. The lowest BCUT2D eigenvalue weighted by molar-refractivity contribution is 2.40. The van der Waals surface area contributed by atoms with Crippen LogP contribution in [0.15, 0.2) is 0 Å². The van der Waals surface area contributed by atoms with E-state index in [2.05, 4.69) is 5.79 Å². The molecule has 0 aromatic rings. The van der Waals surface area contributed by atoms with E-state index in [1.165, 1.54) is 16.3 Å². The summed E-state index contributed by atoms with van der Waals surface area (Å²) in [4.78, 5) is 0. The first-order valence-electron chi connectivity index (χ1n) is 1.00. The molecule has 0 aromatic heterocycles. The lowest BCUT2D eigenvalue weighted by Gasteiger charge is -0.965. The van der Waals surface area contributed by atoms with Gasteiger partial charge in [0.15, 0.2) is 0 Å². The third kappa shape index (κ3) is 9.74. The van der Waals surface area contributed by atoms with Gasteiger partial charge < -0.3 is 0 Å². The molecule has 4 heavy (non-hydrogen) atoms. The normalized spacial score (nSPS) is 1.25. The average Bonchev–Trinajstić information content (AvgIpc) is 1.00. The van der Waals surface area contributed by atoms with Crippen molar-refractivity contribution in [1.29, 1.82) is 0 Å². The van der Waals surface area contributed by atoms with Crippen molar-refractivity contribution in [3.05, 3.63) is 0 Å². The highest BCUT2D eigenvalue weighted by Crippen LogP contribution is 0.960. The van der Waals surface area contributed by atoms with Crippen molar-refractivity contribution >= 4 is 50.3 Å². The summed E-state index contributed by atoms with van der Waals surface area (Å²) >= 11 is 1.31. The SMILES string of the molecule is Br.Br.[CH3][AlH2]. The van der Waals surface area contributed by atoms with Gasteiger partial charge >= 0.3 is 0 Å². The van der Waals surface area contributed by atoms with Crippen molar-refractivity contribution in [2.45, 2.75) is 5.79 Å². The lowest BCUT2D eigenvalue weighted by atomic mass is 11.9. The highest BCUT2D eigenvalue weighted by Gasteiger charge is 1.06. The third-order valence-corrected chi connectivity index (χ3v) is 0. The minimum Gasteiger partial charge on any atom is -0.114 e. The average molecular weight is 206 g/mol. The van der Waals surface area contributed by atoms with Crippen LogP contribution in [0.2, 0.25) is 5.79 Å². The minimum atomic E-state index is 0. The van der Waals surface area contributed by atoms with Gasteiger partial charge in [0, 0.05) is 0 Å². The number of rotatable bonds is 0. The van der Waals surface area contributed by atoms with Crippen LogP contribution in [0.25, 0.3) is 0 Å². The van der Waals surface area contributed by atoms with Gasteiger partial charge in [-0.3, -0.25) is 0 Å². The molecule has 0 saturated heterocycles. The summed E-state index contributed by atoms with van der Waals surface area (Å²) in [5.41, 5.74) is 0. The molecule has 0 atom stereocenters. The second-order valence-electron chi connectivity index (χ2n) is 0. The van der Waals surface area contributed by atoms with Crippen LogP contribution in [0.3, 0.4) is 0 Å². The van der Waals surface area contributed by atoms with Gasteiger partial charge in [-0.05, 0) is 0 Å². The van der Waals surface area contributed by atoms with Crippen molar-refractivity contribution in [3.63, 3.8) is 0 Å². The Labute approximate surface area is 55.9 Å². The smallest absolute Gasteiger partial charge is 0.114 e. The van der Waals surface area contributed by atoms with E-state index in [-0.39, 0.29) is 34.0 Å². The lowest BCUT2D eigenvalue weighted by Crippen LogP contribution is -1.13. The van der Waals surface area contributed by atoms with Crippen LogP contribution in [0, 0.1) is 0 Å². The van der Waals surface area contributed by atoms with Gasteiger partial charge in [0.25, 0.3) is 0 Å². The third-order valence-electron chi connectivity index (χ3n) is 0. The standard InChI is InChI=1S/CH3.Al.2BrH.2H/h1H3;;2*1H;;. The molecule has 0 aromatic carbocycles. The second kappa shape index (κ2) is 24.6. The first-order chi connectivity index (χ1) is 1.00. The van der Waals surface area contributed by atoms with E-state index < -0.39 is 0 Å². The van der Waals surface area contributed by atoms with Crippen molar-refractivity contribution in [3.8, 4) is 0 Å². The van der Waals surface area contributed by atoms with Crippen LogP contribution < -0.4 is 0 Å². The summed E-state index contributed by atoms with van der Waals surface area (Å²) in [6, 6.07) is 0. The summed E-state index contributed by atoms with van der Waals surface area (Å²) in [7, 11) is 0. The fraction of sp³-hybridized carbons (Fsp3) is 1.00. The van der Waals surface area contributed by atoms with Crippen molar-refractivity contribution in [1.82, 2.24) is 0 Å². The molecule has 0 saturated carbocycles. The zero-order chi connectivity index (χ0) is 2.00. The molecule has 0 rings (SSSR count). The molecule has 0 spiro atoms. The second-order valence-corrected chi connectivity index (χ2v) is 0. The Morgan fingerprint density at radius 1 is 1.00 bits per heavy atom. The Bertz CT molecular complexity index is 6.00. The van der Waals surface area contributed by atoms with Gasteiger partial charge in [-0.1, -0.05) is 0 Å². The largest absolute Gasteiger partial charge is 0.207 e. The Morgan fingerprint density at radius 3 is 1.00 bits per heavy atom. The van der Waals surface area contributed by atoms with Crippen LogP contribution in [0.5, 0.6) is 0 Å². The Balaban J connectivity index is -0.00000000500. The molecule has 0 aliphatic heterocycles. The quantitative estimate of drug-likeness (QED) is 0.514. The molecule has 0 radical (unpaired) electrons. The maximum atomic E-state index is 2.14. The fourth-order valence-electron chi connectivity index (χ4n) is 0. The zero-order valence-corrected chi connectivity index (χ0v) is 8.24. The van der Waals surface area contributed by atoms with Crippen molar-refractivity contribution < 1.29 is 0 Å². The molecule has 3 heteroatoms. The summed E-state index contributed by atoms with van der Waals surface area (Å²) < 4.78 is 0. The molecule has 0 N–H and O–H groups in total. The molecule has 0 fully saturated rings. The van der Waals surface area contributed by atoms with Gasteiger partial charge in [-0.2, -0.15) is 0 Å². The van der Waals surface area contributed by atoms with Crippen LogP contribution in [0.1, 0.15) is 0 Å². The molecule has 0 amide bonds. The van der Waals surface area contributed by atoms with Gasteiger partial charge in [-0.15, -0.1) is 39.7 Å². The van der Waals surface area contributed by atoms with Crippen molar-refractivity contribution in [2.24, 2.45) is 0 Å². The van der Waals surface area contributed by atoms with Crippen molar-refractivity contribution in [2.75, 3.05) is 0 Å². The summed E-state index contributed by atoms with van der Waals surface area (Å²) in [6.07, 6.45) is 0. The molecule has 28 valence electrons. The Morgan fingerprint density at radius 2 is 1.00 bits per heavy atom. The summed E-state index contributed by atoms with van der Waals surface area (Å²) in [5.74, 6) is 2.14. The van der Waals surface area contributed by atoms with E-state index in [1.807, 2.05) is 0 Å². The molecule has 0 nitrogen and oxygen atoms in total. The number of halogens is 2. The maximum absolute atomic E-state index is 2.14. The molecular formula is CH7AlBr2. The number of hydrogen-bond acceptors (Lipinski definition) is 0. The van der Waals surface area contributed by atoms with E-state index >= 15 is 0 Å². The van der Waals surface area contributed by atoms with Crippen LogP contribution in [-0.4, -0.2) is 16.3 Å². The minimum absolute atomic E-state index is 0. The predicted molar refractivity (Wildman–Crippen MR) is 35.1 cm³/mol. The predicted octanol–water partition coefficient (Wildman–Crippen LogP) is 0.823. The first-order valence-corrected chi connectivity index (χ1v) is 3.00. The van der Waals surface area contributed by atoms with Gasteiger partial charge in [-0.25, -0.2) is 0 Å². The molecule has 0 aliphatic carbocycles. The fourth-order valence-corrected chi connectivity index (χ4v) is 0. The van der Waals surface area contributed by atoms with E-state index in [9.17, 15) is 0 Å². The monoisotopic (exact) mass is 204 g/mol. The van der Waals surface area contributed by atoms with Crippen LogP contribution in [-0.2, 0) is 0 Å². The first kappa shape index (κ1) is 17.8. The molecule has 0 unspecified atom stereocenters. The summed E-state index contributed by atoms with van der Waals surface area (Å²) in [5, 5.41) is 0. The highest BCUT2D eigenvalue weighted by atomic mass is 79.9. The zero-order valence-electron chi connectivity index (χ0n) is 2.82. The van der Waals surface area contributed by atoms with Crippen LogP contribution in [0.4, 0.5) is 0 Å². The van der Waals surface area contributed by atoms with Gasteiger partial charge in [0.05, 0.1) is 0 Å². The Kier molecular flexibility index (Phi) is 110. The highest BCUT2D eigenvalue weighted by molar-refractivity contribution is 8.93. The summed E-state index contributed by atoms with van der Waals surface area (Å²) in [6.45, 7) is 0. The topological polar surface area (TPSA) is 0 Å². The van der Waals surface area contributed by atoms with E-state index in [1.54, 1.807) is 0 Å².